The summed E-state index contributed by atoms with van der Waals surface area (Å²) < 4.78 is 42.5. The van der Waals surface area contributed by atoms with E-state index >= 15 is 0 Å². The van der Waals surface area contributed by atoms with Gasteiger partial charge in [-0.15, -0.1) is 0 Å². The molecule has 0 amide bonds. The summed E-state index contributed by atoms with van der Waals surface area (Å²) in [5.74, 6) is 0.294. The highest BCUT2D eigenvalue weighted by atomic mass is 32.2. The van der Waals surface area contributed by atoms with Crippen molar-refractivity contribution >= 4 is 16.0 Å². The average Bonchev–Trinajstić information content (AvgIpc) is 3.45. The normalized spacial score (nSPS) is 23.1. The van der Waals surface area contributed by atoms with Crippen LogP contribution in [-0.4, -0.2) is 73.7 Å². The molecule has 0 bridgehead atoms. The van der Waals surface area contributed by atoms with Crippen molar-refractivity contribution in [2.45, 2.75) is 69.6 Å². The minimum absolute atomic E-state index is 0.140. The van der Waals surface area contributed by atoms with Gasteiger partial charge in [-0.05, 0) is 45.6 Å². The largest absolute Gasteiger partial charge is 0.389 e. The van der Waals surface area contributed by atoms with Crippen LogP contribution in [0.25, 0.3) is 11.3 Å². The number of aryl methyl sites for hydroxylation is 1. The van der Waals surface area contributed by atoms with Gasteiger partial charge in [-0.25, -0.2) is 22.8 Å². The first-order chi connectivity index (χ1) is 14.5. The number of aromatic nitrogens is 4. The van der Waals surface area contributed by atoms with E-state index in [1.165, 1.54) is 4.31 Å². The molecule has 11 heteroatoms. The van der Waals surface area contributed by atoms with Crippen LogP contribution in [0.15, 0.2) is 18.6 Å². The molecule has 0 spiro atoms. The molecule has 2 aliphatic rings. The van der Waals surface area contributed by atoms with Crippen molar-refractivity contribution < 1.29 is 17.9 Å². The molecular weight excluding hydrogens is 423 g/mol. The van der Waals surface area contributed by atoms with E-state index in [0.29, 0.717) is 44.0 Å². The molecule has 2 fully saturated rings. The van der Waals surface area contributed by atoms with E-state index in [1.807, 2.05) is 6.92 Å². The number of hydrogen-bond donors (Lipinski definition) is 2. The molecule has 0 radical (unpaired) electrons. The van der Waals surface area contributed by atoms with E-state index in [1.54, 1.807) is 37.1 Å². The van der Waals surface area contributed by atoms with E-state index < -0.39 is 27.8 Å². The summed E-state index contributed by atoms with van der Waals surface area (Å²) in [7, 11) is -3.37. The summed E-state index contributed by atoms with van der Waals surface area (Å²) in [5.41, 5.74) is 1.39. The lowest BCUT2D eigenvalue weighted by Gasteiger charge is -2.34. The Kier molecular flexibility index (Phi) is 5.78. The van der Waals surface area contributed by atoms with Crippen molar-refractivity contribution in [2.24, 2.45) is 0 Å². The van der Waals surface area contributed by atoms with E-state index in [-0.39, 0.29) is 11.8 Å². The second-order valence-electron chi connectivity index (χ2n) is 9.12. The summed E-state index contributed by atoms with van der Waals surface area (Å²) in [6.07, 6.45) is 5.49. The number of nitrogens with zero attached hydrogens (tertiary/aromatic N) is 5. The summed E-state index contributed by atoms with van der Waals surface area (Å²) in [6, 6.07) is -0.556. The fraction of sp³-hybridized carbons (Fsp3) is 0.650. The highest BCUT2D eigenvalue weighted by molar-refractivity contribution is 7.90. The molecule has 9 nitrogen and oxygen atoms in total. The maximum absolute atomic E-state index is 14.8. The third-order valence-corrected chi connectivity index (χ3v) is 7.92. The quantitative estimate of drug-likeness (QED) is 0.658. The number of sulfonamides is 1. The van der Waals surface area contributed by atoms with E-state index in [0.717, 1.165) is 11.1 Å². The Balaban J connectivity index is 1.45. The Morgan fingerprint density at radius 1 is 1.29 bits per heavy atom. The first-order valence-electron chi connectivity index (χ1n) is 10.5. The highest BCUT2D eigenvalue weighted by Crippen LogP contribution is 2.33. The van der Waals surface area contributed by atoms with Crippen LogP contribution >= 0.6 is 0 Å². The van der Waals surface area contributed by atoms with Gasteiger partial charge < -0.3 is 10.4 Å². The van der Waals surface area contributed by atoms with Gasteiger partial charge in [-0.3, -0.25) is 4.68 Å². The Morgan fingerprint density at radius 2 is 2.03 bits per heavy atom. The van der Waals surface area contributed by atoms with Crippen LogP contribution in [-0.2, 0) is 16.6 Å². The van der Waals surface area contributed by atoms with Crippen LogP contribution in [0.2, 0.25) is 0 Å². The molecule has 2 atom stereocenters. The molecule has 3 heterocycles. The maximum atomic E-state index is 14.8. The number of piperidine rings is 1. The van der Waals surface area contributed by atoms with Gasteiger partial charge in [0, 0.05) is 31.0 Å². The van der Waals surface area contributed by atoms with Gasteiger partial charge in [-0.1, -0.05) is 0 Å². The third kappa shape index (κ3) is 5.04. The van der Waals surface area contributed by atoms with Gasteiger partial charge in [0.2, 0.25) is 16.0 Å². The van der Waals surface area contributed by atoms with Crippen molar-refractivity contribution in [1.29, 1.82) is 0 Å². The number of rotatable bonds is 7. The molecule has 31 heavy (non-hydrogen) atoms. The molecule has 1 saturated carbocycles. The van der Waals surface area contributed by atoms with Gasteiger partial charge in [0.05, 0.1) is 35.3 Å². The average molecular weight is 453 g/mol. The van der Waals surface area contributed by atoms with Gasteiger partial charge in [0.1, 0.15) is 6.17 Å². The van der Waals surface area contributed by atoms with E-state index in [9.17, 15) is 17.9 Å². The molecule has 0 aromatic carbocycles. The molecule has 4 rings (SSSR count). The Labute approximate surface area is 181 Å². The Bertz CT molecular complexity index is 1050. The van der Waals surface area contributed by atoms with Crippen LogP contribution < -0.4 is 5.32 Å². The van der Waals surface area contributed by atoms with Crippen LogP contribution in [0, 0.1) is 6.92 Å². The van der Waals surface area contributed by atoms with Crippen molar-refractivity contribution in [3.05, 3.63) is 24.2 Å². The highest BCUT2D eigenvalue weighted by Gasteiger charge is 2.43. The number of anilines is 1. The Morgan fingerprint density at radius 3 is 2.68 bits per heavy atom. The second-order valence-corrected chi connectivity index (χ2v) is 11.3. The second kappa shape index (κ2) is 8.10. The minimum atomic E-state index is -3.37. The van der Waals surface area contributed by atoms with Crippen LogP contribution in [0.1, 0.15) is 38.7 Å². The number of nitrogens with one attached hydrogen (secondary N) is 1. The van der Waals surface area contributed by atoms with Gasteiger partial charge in [0.25, 0.3) is 0 Å². The molecule has 1 aliphatic heterocycles. The van der Waals surface area contributed by atoms with Crippen LogP contribution in [0.4, 0.5) is 10.3 Å². The van der Waals surface area contributed by atoms with Gasteiger partial charge in [0.15, 0.2) is 0 Å². The Hall–Kier alpha value is -2.11. The SMILES string of the molecule is Cc1cnc(N[C@H]2CCN(S(=O)(=O)C3CC3)C[C@H]2F)nc1-c1cnn(CC(C)(C)O)c1. The van der Waals surface area contributed by atoms with Crippen molar-refractivity contribution in [3.8, 4) is 11.3 Å². The third-order valence-electron chi connectivity index (χ3n) is 5.55. The zero-order chi connectivity index (χ0) is 22.4. The molecular formula is C20H29FN6O3S. The lowest BCUT2D eigenvalue weighted by Crippen LogP contribution is -2.50. The molecule has 2 aromatic heterocycles. The number of hydrogen-bond acceptors (Lipinski definition) is 7. The predicted octanol–water partition coefficient (Wildman–Crippen LogP) is 1.74. The number of alkyl halides is 1. The number of halogens is 1. The number of aliphatic hydroxyl groups is 1. The molecule has 170 valence electrons. The fourth-order valence-electron chi connectivity index (χ4n) is 3.79. The van der Waals surface area contributed by atoms with Gasteiger partial charge >= 0.3 is 0 Å². The molecule has 1 aliphatic carbocycles. The van der Waals surface area contributed by atoms with Crippen molar-refractivity contribution in [3.63, 3.8) is 0 Å². The topological polar surface area (TPSA) is 113 Å². The van der Waals surface area contributed by atoms with E-state index in [4.69, 9.17) is 0 Å². The first-order valence-corrected chi connectivity index (χ1v) is 12.0. The van der Waals surface area contributed by atoms with E-state index in [2.05, 4.69) is 20.4 Å². The van der Waals surface area contributed by atoms with Crippen molar-refractivity contribution in [2.75, 3.05) is 18.4 Å². The summed E-state index contributed by atoms with van der Waals surface area (Å²) in [6.45, 7) is 5.79. The molecule has 2 aromatic rings. The monoisotopic (exact) mass is 452 g/mol. The zero-order valence-electron chi connectivity index (χ0n) is 18.0. The molecule has 2 N–H and O–H groups in total. The maximum Gasteiger partial charge on any atom is 0.223 e. The van der Waals surface area contributed by atoms with Crippen LogP contribution in [0.3, 0.4) is 0 Å². The van der Waals surface area contributed by atoms with Crippen LogP contribution in [0.5, 0.6) is 0 Å². The smallest absolute Gasteiger partial charge is 0.223 e. The zero-order valence-corrected chi connectivity index (χ0v) is 18.8. The fourth-order valence-corrected chi connectivity index (χ4v) is 5.65. The predicted molar refractivity (Wildman–Crippen MR) is 115 cm³/mol. The van der Waals surface area contributed by atoms with Crippen molar-refractivity contribution in [1.82, 2.24) is 24.1 Å². The minimum Gasteiger partial charge on any atom is -0.389 e. The standard InChI is InChI=1S/C20H29FN6O3S/c1-13-8-22-19(25-18(13)14-9-23-26(10-14)12-20(2,3)28)24-17-6-7-27(11-16(17)21)31(29,30)15-4-5-15/h8-10,15-17,28H,4-7,11-12H2,1-3H3,(H,22,24,25)/t16-,17+/m1/s1. The lowest BCUT2D eigenvalue weighted by atomic mass is 10.1. The summed E-state index contributed by atoms with van der Waals surface area (Å²) in [5, 5.41) is 17.0. The molecule has 1 saturated heterocycles. The molecule has 0 unspecified atom stereocenters. The van der Waals surface area contributed by atoms with Gasteiger partial charge in [-0.2, -0.15) is 9.40 Å². The summed E-state index contributed by atoms with van der Waals surface area (Å²) >= 11 is 0. The first kappa shape index (κ1) is 22.1. The lowest BCUT2D eigenvalue weighted by molar-refractivity contribution is 0.0577. The summed E-state index contributed by atoms with van der Waals surface area (Å²) in [4.78, 5) is 8.83.